The van der Waals surface area contributed by atoms with Gasteiger partial charge in [0.25, 0.3) is 11.6 Å². The maximum Gasteiger partial charge on any atom is 0.287 e. The zero-order valence-electron chi connectivity index (χ0n) is 11.7. The Kier molecular flexibility index (Phi) is 6.64. The SMILES string of the molecule is Cl.NCC(NC(=O)c1cc([N+](=O)[O-])c[nH]1)C1CCCCC1. The molecule has 7 nitrogen and oxygen atoms in total. The number of carbonyl (C=O) groups excluding carboxylic acids is 1. The normalized spacial score (nSPS) is 16.8. The second-order valence-corrected chi connectivity index (χ2v) is 5.24. The van der Waals surface area contributed by atoms with Crippen LogP contribution >= 0.6 is 12.4 Å². The molecule has 1 amide bonds. The summed E-state index contributed by atoms with van der Waals surface area (Å²) in [5, 5.41) is 13.5. The number of carbonyl (C=O) groups is 1. The zero-order valence-corrected chi connectivity index (χ0v) is 12.5. The third-order valence-corrected chi connectivity index (χ3v) is 3.91. The molecule has 1 aliphatic rings. The molecule has 1 aliphatic carbocycles. The van der Waals surface area contributed by atoms with Crippen molar-refractivity contribution in [3.8, 4) is 0 Å². The average molecular weight is 317 g/mol. The van der Waals surface area contributed by atoms with Gasteiger partial charge in [0, 0.05) is 18.7 Å². The molecular formula is C13H21ClN4O3. The molecule has 1 saturated carbocycles. The van der Waals surface area contributed by atoms with Crippen LogP contribution in [0.25, 0.3) is 0 Å². The molecule has 0 saturated heterocycles. The first kappa shape index (κ1) is 17.5. The molecule has 0 aliphatic heterocycles. The number of H-pyrrole nitrogens is 1. The van der Waals surface area contributed by atoms with E-state index in [2.05, 4.69) is 10.3 Å². The quantitative estimate of drug-likeness (QED) is 0.569. The number of hydrogen-bond acceptors (Lipinski definition) is 4. The van der Waals surface area contributed by atoms with Crippen molar-refractivity contribution in [3.63, 3.8) is 0 Å². The fourth-order valence-corrected chi connectivity index (χ4v) is 2.77. The summed E-state index contributed by atoms with van der Waals surface area (Å²) in [5.74, 6) is 0.0711. The number of aromatic amines is 1. The van der Waals surface area contributed by atoms with Crippen molar-refractivity contribution in [2.75, 3.05) is 6.54 Å². The van der Waals surface area contributed by atoms with Gasteiger partial charge < -0.3 is 16.0 Å². The number of rotatable bonds is 5. The highest BCUT2D eigenvalue weighted by Crippen LogP contribution is 2.26. The van der Waals surface area contributed by atoms with Crippen molar-refractivity contribution in [3.05, 3.63) is 28.1 Å². The van der Waals surface area contributed by atoms with Crippen LogP contribution in [0.1, 0.15) is 42.6 Å². The summed E-state index contributed by atoms with van der Waals surface area (Å²) in [6.07, 6.45) is 6.95. The zero-order chi connectivity index (χ0) is 14.5. The number of halogens is 1. The number of nitrogens with two attached hydrogens (primary N) is 1. The van der Waals surface area contributed by atoms with E-state index >= 15 is 0 Å². The van der Waals surface area contributed by atoms with Crippen molar-refractivity contribution in [1.82, 2.24) is 10.3 Å². The third-order valence-electron chi connectivity index (χ3n) is 3.91. The summed E-state index contributed by atoms with van der Waals surface area (Å²) < 4.78 is 0. The standard InChI is InChI=1S/C13H20N4O3.ClH/c14-7-12(9-4-2-1-3-5-9)16-13(18)11-6-10(8-15-11)17(19)20;/h6,8-9,12,15H,1-5,7,14H2,(H,16,18);1H. The molecule has 4 N–H and O–H groups in total. The van der Waals surface area contributed by atoms with Crippen LogP contribution in [0.15, 0.2) is 12.3 Å². The third kappa shape index (κ3) is 4.44. The minimum Gasteiger partial charge on any atom is -0.351 e. The van der Waals surface area contributed by atoms with Gasteiger partial charge >= 0.3 is 0 Å². The second-order valence-electron chi connectivity index (χ2n) is 5.24. The topological polar surface area (TPSA) is 114 Å². The van der Waals surface area contributed by atoms with Crippen LogP contribution in [0.5, 0.6) is 0 Å². The smallest absolute Gasteiger partial charge is 0.287 e. The number of amides is 1. The maximum atomic E-state index is 12.1. The lowest BCUT2D eigenvalue weighted by atomic mass is 9.84. The fourth-order valence-electron chi connectivity index (χ4n) is 2.77. The Morgan fingerprint density at radius 1 is 1.48 bits per heavy atom. The summed E-state index contributed by atoms with van der Waals surface area (Å²) in [5.41, 5.74) is 5.84. The summed E-state index contributed by atoms with van der Waals surface area (Å²) in [6.45, 7) is 0.388. The molecule has 2 rings (SSSR count). The Morgan fingerprint density at radius 3 is 2.67 bits per heavy atom. The summed E-state index contributed by atoms with van der Waals surface area (Å²) in [6, 6.07) is 1.18. The van der Waals surface area contributed by atoms with Gasteiger partial charge in [-0.1, -0.05) is 19.3 Å². The first-order chi connectivity index (χ1) is 9.61. The van der Waals surface area contributed by atoms with Crippen LogP contribution < -0.4 is 11.1 Å². The lowest BCUT2D eigenvalue weighted by Gasteiger charge is -2.29. The van der Waals surface area contributed by atoms with E-state index in [0.717, 1.165) is 12.8 Å². The lowest BCUT2D eigenvalue weighted by molar-refractivity contribution is -0.384. The summed E-state index contributed by atoms with van der Waals surface area (Å²) in [4.78, 5) is 24.8. The van der Waals surface area contributed by atoms with E-state index in [0.29, 0.717) is 12.5 Å². The van der Waals surface area contributed by atoms with Crippen LogP contribution in [-0.2, 0) is 0 Å². The van der Waals surface area contributed by atoms with Gasteiger partial charge in [-0.05, 0) is 18.8 Å². The number of nitrogens with one attached hydrogen (secondary N) is 2. The number of aromatic nitrogens is 1. The van der Waals surface area contributed by atoms with Crippen LogP contribution in [0.3, 0.4) is 0 Å². The van der Waals surface area contributed by atoms with Crippen molar-refractivity contribution in [2.45, 2.75) is 38.1 Å². The Labute approximate surface area is 129 Å². The van der Waals surface area contributed by atoms with Crippen LogP contribution in [0.2, 0.25) is 0 Å². The lowest BCUT2D eigenvalue weighted by Crippen LogP contribution is -2.46. The predicted molar refractivity (Wildman–Crippen MR) is 81.6 cm³/mol. The highest BCUT2D eigenvalue weighted by Gasteiger charge is 2.25. The molecule has 0 bridgehead atoms. The van der Waals surface area contributed by atoms with E-state index in [4.69, 9.17) is 5.73 Å². The van der Waals surface area contributed by atoms with Crippen molar-refractivity contribution < 1.29 is 9.72 Å². The van der Waals surface area contributed by atoms with Gasteiger partial charge in [-0.2, -0.15) is 0 Å². The molecule has 8 heteroatoms. The van der Waals surface area contributed by atoms with Gasteiger partial charge in [-0.25, -0.2) is 0 Å². The van der Waals surface area contributed by atoms with E-state index in [1.165, 1.54) is 31.5 Å². The Balaban J connectivity index is 0.00000220. The monoisotopic (exact) mass is 316 g/mol. The average Bonchev–Trinajstić information content (AvgIpc) is 2.95. The molecule has 118 valence electrons. The number of nitrogens with zero attached hydrogens (tertiary/aromatic N) is 1. The highest BCUT2D eigenvalue weighted by atomic mass is 35.5. The first-order valence-corrected chi connectivity index (χ1v) is 6.95. The van der Waals surface area contributed by atoms with Gasteiger partial charge in [0.2, 0.25) is 0 Å². The Bertz CT molecular complexity index is 486. The molecule has 1 heterocycles. The maximum absolute atomic E-state index is 12.1. The summed E-state index contributed by atoms with van der Waals surface area (Å²) in [7, 11) is 0. The van der Waals surface area contributed by atoms with Gasteiger partial charge in [-0.3, -0.25) is 14.9 Å². The Hall–Kier alpha value is -1.60. The van der Waals surface area contributed by atoms with Crippen molar-refractivity contribution >= 4 is 24.0 Å². The summed E-state index contributed by atoms with van der Waals surface area (Å²) >= 11 is 0. The van der Waals surface area contributed by atoms with Crippen molar-refractivity contribution in [2.24, 2.45) is 11.7 Å². The molecule has 21 heavy (non-hydrogen) atoms. The minimum atomic E-state index is -0.533. The highest BCUT2D eigenvalue weighted by molar-refractivity contribution is 5.93. The van der Waals surface area contributed by atoms with Gasteiger partial charge in [0.15, 0.2) is 0 Å². The molecule has 1 aromatic heterocycles. The molecule has 0 aromatic carbocycles. The van der Waals surface area contributed by atoms with Gasteiger partial charge in [-0.15, -0.1) is 12.4 Å². The predicted octanol–water partition coefficient (Wildman–Crippen LogP) is 1.98. The molecule has 0 radical (unpaired) electrons. The van der Waals surface area contributed by atoms with Crippen molar-refractivity contribution in [1.29, 1.82) is 0 Å². The molecule has 1 aromatic rings. The van der Waals surface area contributed by atoms with Crippen LogP contribution in [0.4, 0.5) is 5.69 Å². The van der Waals surface area contributed by atoms with E-state index < -0.39 is 4.92 Å². The van der Waals surface area contributed by atoms with E-state index in [1.807, 2.05) is 0 Å². The first-order valence-electron chi connectivity index (χ1n) is 6.95. The molecule has 1 fully saturated rings. The second kappa shape index (κ2) is 7.99. The van der Waals surface area contributed by atoms with Crippen LogP contribution in [0, 0.1) is 16.0 Å². The van der Waals surface area contributed by atoms with E-state index in [-0.39, 0.29) is 35.7 Å². The van der Waals surface area contributed by atoms with Crippen LogP contribution in [-0.4, -0.2) is 28.4 Å². The van der Waals surface area contributed by atoms with Gasteiger partial charge in [0.05, 0.1) is 11.1 Å². The largest absolute Gasteiger partial charge is 0.351 e. The van der Waals surface area contributed by atoms with Gasteiger partial charge in [0.1, 0.15) is 5.69 Å². The van der Waals surface area contributed by atoms with E-state index in [1.54, 1.807) is 0 Å². The molecule has 1 atom stereocenters. The molecule has 0 spiro atoms. The fraction of sp³-hybridized carbons (Fsp3) is 0.615. The minimum absolute atomic E-state index is 0. The molecule has 1 unspecified atom stereocenters. The number of hydrogen-bond donors (Lipinski definition) is 3. The molecular weight excluding hydrogens is 296 g/mol. The Morgan fingerprint density at radius 2 is 2.14 bits per heavy atom. The number of nitro groups is 1. The van der Waals surface area contributed by atoms with E-state index in [9.17, 15) is 14.9 Å².